The van der Waals surface area contributed by atoms with Crippen molar-refractivity contribution in [1.82, 2.24) is 0 Å². The number of unbranched alkanes of at least 4 members (excludes halogenated alkanes) is 1. The molecule has 4 nitrogen and oxygen atoms in total. The number of nitrogens with two attached hydrogens (primary N) is 1. The molecule has 4 heteroatoms. The van der Waals surface area contributed by atoms with E-state index in [0.717, 1.165) is 12.8 Å². The van der Waals surface area contributed by atoms with E-state index in [4.69, 9.17) is 10.5 Å². The molecule has 0 aliphatic heterocycles. The molecule has 2 atom stereocenters. The van der Waals surface area contributed by atoms with Crippen molar-refractivity contribution in [2.24, 2.45) is 11.7 Å². The Labute approximate surface area is 91.2 Å². The van der Waals surface area contributed by atoms with Gasteiger partial charge in [-0.2, -0.15) is 0 Å². The van der Waals surface area contributed by atoms with Gasteiger partial charge < -0.3 is 10.5 Å². The SMILES string of the molecule is CCCCC([C]=O)OC(=O)[C@@H](N)C(C)C. The second kappa shape index (κ2) is 7.40. The van der Waals surface area contributed by atoms with E-state index in [0.29, 0.717) is 6.42 Å². The van der Waals surface area contributed by atoms with Crippen molar-refractivity contribution >= 4 is 12.3 Å². The Balaban J connectivity index is 4.06. The second-order valence-corrected chi connectivity index (χ2v) is 3.96. The van der Waals surface area contributed by atoms with Crippen LogP contribution in [0.2, 0.25) is 0 Å². The highest BCUT2D eigenvalue weighted by atomic mass is 16.5. The second-order valence-electron chi connectivity index (χ2n) is 3.96. The smallest absolute Gasteiger partial charge is 0.323 e. The van der Waals surface area contributed by atoms with Crippen molar-refractivity contribution in [2.45, 2.75) is 52.2 Å². The fourth-order valence-corrected chi connectivity index (χ4v) is 1.02. The van der Waals surface area contributed by atoms with Gasteiger partial charge in [0.15, 0.2) is 6.10 Å². The number of carbonyl (C=O) groups excluding carboxylic acids is 2. The van der Waals surface area contributed by atoms with Gasteiger partial charge in [-0.3, -0.25) is 9.59 Å². The van der Waals surface area contributed by atoms with Crippen molar-refractivity contribution in [3.8, 4) is 0 Å². The van der Waals surface area contributed by atoms with E-state index in [9.17, 15) is 9.59 Å². The van der Waals surface area contributed by atoms with Gasteiger partial charge in [0.1, 0.15) is 6.04 Å². The van der Waals surface area contributed by atoms with Crippen LogP contribution in [0.3, 0.4) is 0 Å². The first-order valence-electron chi connectivity index (χ1n) is 5.36. The van der Waals surface area contributed by atoms with Crippen LogP contribution in [0.1, 0.15) is 40.0 Å². The molecule has 0 aliphatic carbocycles. The Morgan fingerprint density at radius 2 is 2.07 bits per heavy atom. The lowest BCUT2D eigenvalue weighted by Crippen LogP contribution is -2.39. The van der Waals surface area contributed by atoms with Gasteiger partial charge in [-0.1, -0.05) is 27.2 Å². The van der Waals surface area contributed by atoms with E-state index in [-0.39, 0.29) is 5.92 Å². The topological polar surface area (TPSA) is 69.4 Å². The number of carbonyl (C=O) groups is 1. The summed E-state index contributed by atoms with van der Waals surface area (Å²) in [6, 6.07) is -0.664. The molecule has 0 aromatic heterocycles. The summed E-state index contributed by atoms with van der Waals surface area (Å²) in [4.78, 5) is 21.9. The van der Waals surface area contributed by atoms with E-state index in [2.05, 4.69) is 0 Å². The van der Waals surface area contributed by atoms with Crippen LogP contribution in [-0.2, 0) is 14.3 Å². The molecule has 15 heavy (non-hydrogen) atoms. The Bertz CT molecular complexity index is 204. The first-order valence-corrected chi connectivity index (χ1v) is 5.36. The van der Waals surface area contributed by atoms with Gasteiger partial charge in [-0.25, -0.2) is 0 Å². The number of ether oxygens (including phenoxy) is 1. The van der Waals surface area contributed by atoms with Crippen LogP contribution in [-0.4, -0.2) is 24.4 Å². The maximum atomic E-state index is 11.4. The highest BCUT2D eigenvalue weighted by Crippen LogP contribution is 2.07. The molecule has 0 aromatic rings. The molecular weight excluding hydrogens is 194 g/mol. The van der Waals surface area contributed by atoms with Crippen LogP contribution in [0.25, 0.3) is 0 Å². The lowest BCUT2D eigenvalue weighted by atomic mass is 10.1. The molecule has 87 valence electrons. The highest BCUT2D eigenvalue weighted by molar-refractivity contribution is 5.77. The summed E-state index contributed by atoms with van der Waals surface area (Å²) in [5, 5.41) is 0. The molecule has 1 radical (unpaired) electrons. The fraction of sp³-hybridized carbons (Fsp3) is 0.818. The van der Waals surface area contributed by atoms with E-state index in [1.54, 1.807) is 6.29 Å². The average molecular weight is 214 g/mol. The molecule has 0 saturated carbocycles. The minimum atomic E-state index is -0.762. The van der Waals surface area contributed by atoms with Crippen LogP contribution in [0.4, 0.5) is 0 Å². The summed E-state index contributed by atoms with van der Waals surface area (Å²) < 4.78 is 4.94. The number of esters is 1. The van der Waals surface area contributed by atoms with Gasteiger partial charge in [0, 0.05) is 0 Å². The van der Waals surface area contributed by atoms with Gasteiger partial charge in [0.2, 0.25) is 6.29 Å². The summed E-state index contributed by atoms with van der Waals surface area (Å²) in [5.41, 5.74) is 5.59. The molecule has 0 bridgehead atoms. The molecule has 0 fully saturated rings. The van der Waals surface area contributed by atoms with E-state index in [1.807, 2.05) is 20.8 Å². The summed E-state index contributed by atoms with van der Waals surface area (Å²) in [7, 11) is 0. The molecule has 1 unspecified atom stereocenters. The van der Waals surface area contributed by atoms with Crippen molar-refractivity contribution in [2.75, 3.05) is 0 Å². The quantitative estimate of drug-likeness (QED) is 0.646. The molecule has 0 saturated heterocycles. The van der Waals surface area contributed by atoms with Gasteiger partial charge in [0.05, 0.1) is 0 Å². The minimum absolute atomic E-state index is 0.0102. The van der Waals surface area contributed by atoms with Crippen molar-refractivity contribution < 1.29 is 14.3 Å². The van der Waals surface area contributed by atoms with Crippen molar-refractivity contribution in [3.05, 3.63) is 0 Å². The molecule has 0 aromatic carbocycles. The predicted molar refractivity (Wildman–Crippen MR) is 57.9 cm³/mol. The third-order valence-corrected chi connectivity index (χ3v) is 2.20. The minimum Gasteiger partial charge on any atom is -0.453 e. The third kappa shape index (κ3) is 5.52. The zero-order chi connectivity index (χ0) is 11.8. The van der Waals surface area contributed by atoms with Gasteiger partial charge in [0.25, 0.3) is 0 Å². The largest absolute Gasteiger partial charge is 0.453 e. The van der Waals surface area contributed by atoms with Crippen molar-refractivity contribution in [3.63, 3.8) is 0 Å². The number of hydrogen-bond donors (Lipinski definition) is 1. The summed E-state index contributed by atoms with van der Waals surface area (Å²) in [6.07, 6.45) is 3.26. The van der Waals surface area contributed by atoms with Gasteiger partial charge >= 0.3 is 5.97 Å². The van der Waals surface area contributed by atoms with E-state index < -0.39 is 18.1 Å². The molecular formula is C11H20NO3. The zero-order valence-electron chi connectivity index (χ0n) is 9.66. The van der Waals surface area contributed by atoms with Crippen molar-refractivity contribution in [1.29, 1.82) is 0 Å². The predicted octanol–water partition coefficient (Wildman–Crippen LogP) is 1.18. The monoisotopic (exact) mass is 214 g/mol. The Hall–Kier alpha value is -0.900. The molecule has 2 N–H and O–H groups in total. The van der Waals surface area contributed by atoms with Crippen LogP contribution >= 0.6 is 0 Å². The fourth-order valence-electron chi connectivity index (χ4n) is 1.02. The normalized spacial score (nSPS) is 14.7. The Morgan fingerprint density at radius 1 is 1.47 bits per heavy atom. The van der Waals surface area contributed by atoms with Gasteiger partial charge in [-0.15, -0.1) is 0 Å². The Morgan fingerprint density at radius 3 is 2.47 bits per heavy atom. The van der Waals surface area contributed by atoms with Crippen LogP contribution in [0.15, 0.2) is 0 Å². The maximum absolute atomic E-state index is 11.4. The number of rotatable bonds is 7. The average Bonchev–Trinajstić information content (AvgIpc) is 2.22. The van der Waals surface area contributed by atoms with Gasteiger partial charge in [-0.05, 0) is 18.8 Å². The van der Waals surface area contributed by atoms with E-state index >= 15 is 0 Å². The molecule has 0 spiro atoms. The summed E-state index contributed by atoms with van der Waals surface area (Å²) in [5.74, 6) is -0.509. The number of hydrogen-bond acceptors (Lipinski definition) is 4. The zero-order valence-corrected chi connectivity index (χ0v) is 9.66. The standard InChI is InChI=1S/C11H20NO3/c1-4-5-6-9(7-13)15-11(14)10(12)8(2)3/h8-10H,4-6,12H2,1-3H3/t9?,10-/m0/s1. The van der Waals surface area contributed by atoms with E-state index in [1.165, 1.54) is 0 Å². The molecule has 0 aliphatic rings. The summed E-state index contributed by atoms with van der Waals surface area (Å²) >= 11 is 0. The maximum Gasteiger partial charge on any atom is 0.323 e. The first kappa shape index (κ1) is 14.1. The lowest BCUT2D eigenvalue weighted by molar-refractivity contribution is -0.149. The molecule has 0 amide bonds. The first-order chi connectivity index (χ1) is 7.02. The molecule has 0 rings (SSSR count). The Kier molecular flexibility index (Phi) is 6.96. The highest BCUT2D eigenvalue weighted by Gasteiger charge is 2.22. The third-order valence-electron chi connectivity index (χ3n) is 2.20. The summed E-state index contributed by atoms with van der Waals surface area (Å²) in [6.45, 7) is 5.67. The van der Waals surface area contributed by atoms with Crippen LogP contribution < -0.4 is 5.73 Å². The lowest BCUT2D eigenvalue weighted by Gasteiger charge is -2.17. The molecule has 0 heterocycles. The van der Waals surface area contributed by atoms with Crippen LogP contribution in [0, 0.1) is 5.92 Å². The van der Waals surface area contributed by atoms with Crippen LogP contribution in [0.5, 0.6) is 0 Å².